The summed E-state index contributed by atoms with van der Waals surface area (Å²) in [6, 6.07) is 79.9. The molecule has 59 heavy (non-hydrogen) atoms. The van der Waals surface area contributed by atoms with Crippen LogP contribution in [0.1, 0.15) is 25.0 Å². The minimum atomic E-state index is -0.148. The van der Waals surface area contributed by atoms with E-state index >= 15 is 0 Å². The number of nitrogens with zero attached hydrogens (tertiary/aromatic N) is 2. The number of hydrogen-bond donors (Lipinski definition) is 0. The highest BCUT2D eigenvalue weighted by molar-refractivity contribution is 6.10. The minimum Gasteiger partial charge on any atom is -0.310 e. The quantitative estimate of drug-likeness (QED) is 0.157. The lowest BCUT2D eigenvalue weighted by Gasteiger charge is -2.30. The highest BCUT2D eigenvalue weighted by atomic mass is 15.1. The molecule has 0 amide bonds. The van der Waals surface area contributed by atoms with Crippen LogP contribution in [0.4, 0.5) is 17.1 Å². The first-order valence-electron chi connectivity index (χ1n) is 20.5. The van der Waals surface area contributed by atoms with Gasteiger partial charge in [0.15, 0.2) is 0 Å². The molecule has 0 aliphatic heterocycles. The van der Waals surface area contributed by atoms with Gasteiger partial charge in [0.25, 0.3) is 0 Å². The molecule has 11 rings (SSSR count). The molecule has 0 radical (unpaired) electrons. The van der Waals surface area contributed by atoms with Gasteiger partial charge >= 0.3 is 0 Å². The summed E-state index contributed by atoms with van der Waals surface area (Å²) >= 11 is 0. The summed E-state index contributed by atoms with van der Waals surface area (Å²) in [5.74, 6) is 0. The summed E-state index contributed by atoms with van der Waals surface area (Å²) in [5.41, 5.74) is 19.2. The van der Waals surface area contributed by atoms with E-state index in [1.54, 1.807) is 0 Å². The summed E-state index contributed by atoms with van der Waals surface area (Å²) in [7, 11) is 0. The third-order valence-corrected chi connectivity index (χ3v) is 12.4. The Labute approximate surface area is 345 Å². The molecule has 9 aromatic carbocycles. The molecule has 2 heteroatoms. The highest BCUT2D eigenvalue weighted by Crippen LogP contribution is 2.52. The third kappa shape index (κ3) is 5.71. The minimum absolute atomic E-state index is 0.148. The molecular weight excluding hydrogens is 713 g/mol. The zero-order chi connectivity index (χ0) is 39.5. The standard InChI is InChI=1S/C57H42N2/c1-57(2)52-28-16-14-26-47(52)48-33-31-43(37-53(48)57)58(44-32-34-50-49-27-15-17-29-54(49)59(56(50)38-44)42-22-10-5-11-23-42)55-35-30-41(36-51(55)40-20-8-4-9-21-40)46-25-13-12-24-45(46)39-18-6-3-7-19-39/h3-38H,1-2H3. The van der Waals surface area contributed by atoms with E-state index in [9.17, 15) is 0 Å². The second-order valence-electron chi connectivity index (χ2n) is 16.1. The number of benzene rings is 9. The van der Waals surface area contributed by atoms with Crippen molar-refractivity contribution in [2.45, 2.75) is 19.3 Å². The van der Waals surface area contributed by atoms with Crippen molar-refractivity contribution in [2.75, 3.05) is 4.90 Å². The van der Waals surface area contributed by atoms with Crippen LogP contribution in [0.3, 0.4) is 0 Å². The maximum absolute atomic E-state index is 2.49. The zero-order valence-corrected chi connectivity index (χ0v) is 33.2. The lowest BCUT2D eigenvalue weighted by atomic mass is 9.82. The van der Waals surface area contributed by atoms with Crippen molar-refractivity contribution < 1.29 is 0 Å². The first-order valence-corrected chi connectivity index (χ1v) is 20.5. The molecule has 0 bridgehead atoms. The predicted octanol–water partition coefficient (Wildman–Crippen LogP) is 15.6. The lowest BCUT2D eigenvalue weighted by Crippen LogP contribution is -2.17. The molecule has 0 atom stereocenters. The largest absolute Gasteiger partial charge is 0.310 e. The molecule has 1 heterocycles. The molecule has 0 fully saturated rings. The SMILES string of the molecule is CC1(C)c2ccccc2-c2ccc(N(c3ccc4c5ccccc5n(-c5ccccc5)c4c3)c3ccc(-c4ccccc4-c4ccccc4)cc3-c3ccccc3)cc21. The Kier molecular flexibility index (Phi) is 8.20. The zero-order valence-electron chi connectivity index (χ0n) is 33.2. The molecule has 0 saturated heterocycles. The van der Waals surface area contributed by atoms with E-state index in [4.69, 9.17) is 0 Å². The van der Waals surface area contributed by atoms with E-state index < -0.39 is 0 Å². The molecule has 2 nitrogen and oxygen atoms in total. The van der Waals surface area contributed by atoms with Crippen LogP contribution in [0.25, 0.3) is 72.0 Å². The van der Waals surface area contributed by atoms with Crippen LogP contribution in [0, 0.1) is 0 Å². The van der Waals surface area contributed by atoms with Crippen molar-refractivity contribution in [3.8, 4) is 50.2 Å². The van der Waals surface area contributed by atoms with Gasteiger partial charge in [0.1, 0.15) is 0 Å². The van der Waals surface area contributed by atoms with Gasteiger partial charge in [0.2, 0.25) is 0 Å². The summed E-state index contributed by atoms with van der Waals surface area (Å²) < 4.78 is 2.41. The van der Waals surface area contributed by atoms with Crippen LogP contribution in [0.15, 0.2) is 218 Å². The average Bonchev–Trinajstić information content (AvgIpc) is 3.75. The van der Waals surface area contributed by atoms with Crippen LogP contribution in [-0.2, 0) is 5.41 Å². The normalized spacial score (nSPS) is 12.7. The molecule has 1 aliphatic carbocycles. The Bertz CT molecular complexity index is 3170. The number of para-hydroxylation sites is 2. The molecule has 1 aromatic heterocycles. The van der Waals surface area contributed by atoms with Crippen molar-refractivity contribution >= 4 is 38.9 Å². The summed E-state index contributed by atoms with van der Waals surface area (Å²) in [6.45, 7) is 4.73. The monoisotopic (exact) mass is 754 g/mol. The van der Waals surface area contributed by atoms with Gasteiger partial charge in [-0.1, -0.05) is 178 Å². The molecule has 0 spiro atoms. The average molecular weight is 755 g/mol. The fourth-order valence-corrected chi connectivity index (χ4v) is 9.56. The fraction of sp³-hybridized carbons (Fsp3) is 0.0526. The first kappa shape index (κ1) is 34.8. The molecule has 280 valence electrons. The number of rotatable bonds is 7. The Morgan fingerprint density at radius 3 is 1.64 bits per heavy atom. The topological polar surface area (TPSA) is 8.17 Å². The van der Waals surface area contributed by atoms with Gasteiger partial charge < -0.3 is 9.47 Å². The smallest absolute Gasteiger partial charge is 0.0561 e. The van der Waals surface area contributed by atoms with Crippen molar-refractivity contribution in [3.63, 3.8) is 0 Å². The molecule has 1 aliphatic rings. The fourth-order valence-electron chi connectivity index (χ4n) is 9.56. The van der Waals surface area contributed by atoms with E-state index in [0.717, 1.165) is 28.3 Å². The number of hydrogen-bond acceptors (Lipinski definition) is 1. The maximum Gasteiger partial charge on any atom is 0.0561 e. The Morgan fingerprint density at radius 1 is 0.356 bits per heavy atom. The Hall–Kier alpha value is -7.42. The van der Waals surface area contributed by atoms with Crippen LogP contribution in [0.2, 0.25) is 0 Å². The van der Waals surface area contributed by atoms with E-state index in [1.807, 2.05) is 0 Å². The Morgan fingerprint density at radius 2 is 0.898 bits per heavy atom. The number of aromatic nitrogens is 1. The van der Waals surface area contributed by atoms with Crippen LogP contribution in [0.5, 0.6) is 0 Å². The number of fused-ring (bicyclic) bond motifs is 6. The maximum atomic E-state index is 2.49. The lowest BCUT2D eigenvalue weighted by molar-refractivity contribution is 0.660. The van der Waals surface area contributed by atoms with Crippen molar-refractivity contribution in [1.82, 2.24) is 4.57 Å². The number of anilines is 3. The summed E-state index contributed by atoms with van der Waals surface area (Å²) in [5, 5.41) is 2.47. The second-order valence-corrected chi connectivity index (χ2v) is 16.1. The van der Waals surface area contributed by atoms with Crippen molar-refractivity contribution in [3.05, 3.63) is 230 Å². The van der Waals surface area contributed by atoms with E-state index in [-0.39, 0.29) is 5.41 Å². The van der Waals surface area contributed by atoms with Crippen molar-refractivity contribution in [2.24, 2.45) is 0 Å². The van der Waals surface area contributed by atoms with Gasteiger partial charge in [-0.2, -0.15) is 0 Å². The van der Waals surface area contributed by atoms with Crippen LogP contribution < -0.4 is 4.90 Å². The van der Waals surface area contributed by atoms with Crippen LogP contribution >= 0.6 is 0 Å². The second kappa shape index (κ2) is 13.9. The molecule has 0 unspecified atom stereocenters. The van der Waals surface area contributed by atoms with E-state index in [0.29, 0.717) is 0 Å². The van der Waals surface area contributed by atoms with Gasteiger partial charge in [-0.25, -0.2) is 0 Å². The van der Waals surface area contributed by atoms with Crippen molar-refractivity contribution in [1.29, 1.82) is 0 Å². The van der Waals surface area contributed by atoms with Crippen LogP contribution in [-0.4, -0.2) is 4.57 Å². The summed E-state index contributed by atoms with van der Waals surface area (Å²) in [6.07, 6.45) is 0. The first-order chi connectivity index (χ1) is 29.0. The third-order valence-electron chi connectivity index (χ3n) is 12.4. The molecule has 0 saturated carbocycles. The van der Waals surface area contributed by atoms with Gasteiger partial charge in [0.05, 0.1) is 16.7 Å². The van der Waals surface area contributed by atoms with E-state index in [2.05, 4.69) is 242 Å². The van der Waals surface area contributed by atoms with Gasteiger partial charge in [-0.15, -0.1) is 0 Å². The van der Waals surface area contributed by atoms with Gasteiger partial charge in [-0.3, -0.25) is 0 Å². The summed E-state index contributed by atoms with van der Waals surface area (Å²) in [4.78, 5) is 2.49. The molecule has 10 aromatic rings. The van der Waals surface area contributed by atoms with Gasteiger partial charge in [-0.05, 0) is 105 Å². The highest BCUT2D eigenvalue weighted by Gasteiger charge is 2.36. The molecule has 0 N–H and O–H groups in total. The van der Waals surface area contributed by atoms with E-state index in [1.165, 1.54) is 71.9 Å². The predicted molar refractivity (Wildman–Crippen MR) is 249 cm³/mol. The molecular formula is C57H42N2. The van der Waals surface area contributed by atoms with Gasteiger partial charge in [0, 0.05) is 38.8 Å². The Balaban J connectivity index is 1.18.